The number of carboxylic acids is 1. The highest BCUT2D eigenvalue weighted by Crippen LogP contribution is 1.89. The highest BCUT2D eigenvalue weighted by molar-refractivity contribution is 5.80. The van der Waals surface area contributed by atoms with E-state index in [1.807, 2.05) is 0 Å². The van der Waals surface area contributed by atoms with Gasteiger partial charge in [-0.05, 0) is 0 Å². The minimum atomic E-state index is -1.32. The molecule has 0 heterocycles. The predicted octanol–water partition coefficient (Wildman–Crippen LogP) is -1.20. The third kappa shape index (κ3) is 3.00. The molecule has 0 aliphatic heterocycles. The van der Waals surface area contributed by atoms with Gasteiger partial charge in [0.1, 0.15) is 6.04 Å². The second-order valence-electron chi connectivity index (χ2n) is 1.61. The summed E-state index contributed by atoms with van der Waals surface area (Å²) in [5, 5.41) is 15.8. The molecule has 0 aromatic rings. The summed E-state index contributed by atoms with van der Waals surface area (Å²) in [5.41, 5.74) is 4.88. The smallest absolute Gasteiger partial charge is 0.344 e. The molecule has 58 valence electrons. The van der Waals surface area contributed by atoms with Gasteiger partial charge in [-0.25, -0.2) is 4.79 Å². The largest absolute Gasteiger partial charge is 0.480 e. The minimum Gasteiger partial charge on any atom is -0.480 e. The van der Waals surface area contributed by atoms with Crippen LogP contribution in [0.5, 0.6) is 0 Å². The highest BCUT2D eigenvalue weighted by atomic mass is 17.1. The van der Waals surface area contributed by atoms with Gasteiger partial charge in [0, 0.05) is 0 Å². The van der Waals surface area contributed by atoms with Crippen molar-refractivity contribution in [2.45, 2.75) is 12.5 Å². The molecule has 6 heteroatoms. The Morgan fingerprint density at radius 2 is 2.10 bits per heavy atom. The highest BCUT2D eigenvalue weighted by Gasteiger charge is 2.16. The Morgan fingerprint density at radius 3 is 2.40 bits per heavy atom. The molecule has 1 atom stereocenters. The third-order valence-electron chi connectivity index (χ3n) is 0.806. The van der Waals surface area contributed by atoms with E-state index in [0.717, 1.165) is 0 Å². The second-order valence-corrected chi connectivity index (χ2v) is 1.61. The van der Waals surface area contributed by atoms with E-state index in [0.29, 0.717) is 0 Å². The molecule has 0 aromatic carbocycles. The SMILES string of the molecule is NC(CC(=O)OO)C(=O)O. The van der Waals surface area contributed by atoms with E-state index in [4.69, 9.17) is 16.1 Å². The van der Waals surface area contributed by atoms with E-state index in [1.165, 1.54) is 0 Å². The summed E-state index contributed by atoms with van der Waals surface area (Å²) in [6.07, 6.45) is -0.536. The van der Waals surface area contributed by atoms with Crippen LogP contribution < -0.4 is 5.73 Å². The van der Waals surface area contributed by atoms with Gasteiger partial charge in [0.15, 0.2) is 0 Å². The molecule has 0 aliphatic rings. The first-order valence-electron chi connectivity index (χ1n) is 2.40. The lowest BCUT2D eigenvalue weighted by molar-refractivity contribution is -0.234. The quantitative estimate of drug-likeness (QED) is 0.343. The summed E-state index contributed by atoms with van der Waals surface area (Å²) >= 11 is 0. The van der Waals surface area contributed by atoms with Crippen LogP contribution in [-0.4, -0.2) is 28.3 Å². The fourth-order valence-corrected chi connectivity index (χ4v) is 0.304. The topological polar surface area (TPSA) is 110 Å². The van der Waals surface area contributed by atoms with Gasteiger partial charge < -0.3 is 15.7 Å². The van der Waals surface area contributed by atoms with Crippen LogP contribution >= 0.6 is 0 Å². The molecule has 10 heavy (non-hydrogen) atoms. The van der Waals surface area contributed by atoms with E-state index >= 15 is 0 Å². The van der Waals surface area contributed by atoms with Gasteiger partial charge in [-0.15, -0.1) is 0 Å². The van der Waals surface area contributed by atoms with Gasteiger partial charge in [-0.1, -0.05) is 0 Å². The summed E-state index contributed by atoms with van der Waals surface area (Å²) in [4.78, 5) is 23.2. The molecule has 0 saturated carbocycles. The average Bonchev–Trinajstić information content (AvgIpc) is 1.87. The number of carbonyl (C=O) groups is 2. The normalized spacial score (nSPS) is 12.2. The van der Waals surface area contributed by atoms with Crippen molar-refractivity contribution in [1.29, 1.82) is 0 Å². The van der Waals surface area contributed by atoms with E-state index in [9.17, 15) is 9.59 Å². The van der Waals surface area contributed by atoms with Gasteiger partial charge in [-0.3, -0.25) is 4.79 Å². The number of carbonyl (C=O) groups excluding carboxylic acids is 1. The second kappa shape index (κ2) is 3.80. The standard InChI is InChI=1S/C4H7NO5/c5-2(4(7)8)1-3(6)10-9/h2,9H,1,5H2,(H,7,8). The maximum Gasteiger partial charge on any atom is 0.344 e. The molecule has 4 N–H and O–H groups in total. The lowest BCUT2D eigenvalue weighted by Gasteiger charge is -2.00. The summed E-state index contributed by atoms with van der Waals surface area (Å²) in [6.45, 7) is 0. The van der Waals surface area contributed by atoms with Crippen molar-refractivity contribution in [3.63, 3.8) is 0 Å². The van der Waals surface area contributed by atoms with Gasteiger partial charge in [0.05, 0.1) is 6.42 Å². The monoisotopic (exact) mass is 149 g/mol. The lowest BCUT2D eigenvalue weighted by Crippen LogP contribution is -2.32. The Bertz CT molecular complexity index is 145. The van der Waals surface area contributed by atoms with Crippen LogP contribution in [0.2, 0.25) is 0 Å². The molecule has 0 aromatic heterocycles. The fourth-order valence-electron chi connectivity index (χ4n) is 0.304. The van der Waals surface area contributed by atoms with E-state index in [1.54, 1.807) is 0 Å². The molecular formula is C4H7NO5. The van der Waals surface area contributed by atoms with Crippen LogP contribution in [0.3, 0.4) is 0 Å². The molecule has 0 spiro atoms. The van der Waals surface area contributed by atoms with E-state index < -0.39 is 24.4 Å². The molecule has 0 radical (unpaired) electrons. The molecular weight excluding hydrogens is 142 g/mol. The molecule has 6 nitrogen and oxygen atoms in total. The molecule has 1 unspecified atom stereocenters. The number of rotatable bonds is 3. The molecule has 0 bridgehead atoms. The van der Waals surface area contributed by atoms with Crippen LogP contribution in [-0.2, 0) is 14.5 Å². The Morgan fingerprint density at radius 1 is 1.60 bits per heavy atom. The van der Waals surface area contributed by atoms with Crippen LogP contribution in [0.1, 0.15) is 6.42 Å². The number of nitrogens with two attached hydrogens (primary N) is 1. The first-order chi connectivity index (χ1) is 4.57. The van der Waals surface area contributed by atoms with Crippen LogP contribution in [0.15, 0.2) is 0 Å². The zero-order valence-electron chi connectivity index (χ0n) is 4.98. The number of hydrogen-bond donors (Lipinski definition) is 3. The first kappa shape index (κ1) is 8.86. The summed E-state index contributed by atoms with van der Waals surface area (Å²) in [5.74, 6) is -2.37. The third-order valence-corrected chi connectivity index (χ3v) is 0.806. The average molecular weight is 149 g/mol. The van der Waals surface area contributed by atoms with Gasteiger partial charge >= 0.3 is 11.9 Å². The maximum absolute atomic E-state index is 10.1. The predicted molar refractivity (Wildman–Crippen MR) is 28.9 cm³/mol. The Hall–Kier alpha value is -1.14. The molecule has 0 saturated heterocycles. The van der Waals surface area contributed by atoms with Crippen LogP contribution in [0, 0.1) is 0 Å². The first-order valence-corrected chi connectivity index (χ1v) is 2.40. The molecule has 0 amide bonds. The van der Waals surface area contributed by atoms with Crippen molar-refractivity contribution in [2.75, 3.05) is 0 Å². The van der Waals surface area contributed by atoms with Crippen molar-refractivity contribution >= 4 is 11.9 Å². The van der Waals surface area contributed by atoms with Crippen molar-refractivity contribution < 1.29 is 24.8 Å². The van der Waals surface area contributed by atoms with E-state index in [-0.39, 0.29) is 0 Å². The summed E-state index contributed by atoms with van der Waals surface area (Å²) in [6, 6.07) is -1.32. The summed E-state index contributed by atoms with van der Waals surface area (Å²) < 4.78 is 0. The van der Waals surface area contributed by atoms with Crippen molar-refractivity contribution in [3.8, 4) is 0 Å². The minimum absolute atomic E-state index is 0.536. The fraction of sp³-hybridized carbons (Fsp3) is 0.500. The summed E-state index contributed by atoms with van der Waals surface area (Å²) in [7, 11) is 0. The Kier molecular flexibility index (Phi) is 3.37. The zero-order valence-corrected chi connectivity index (χ0v) is 4.98. The van der Waals surface area contributed by atoms with Gasteiger partial charge in [0.2, 0.25) is 0 Å². The van der Waals surface area contributed by atoms with Crippen LogP contribution in [0.25, 0.3) is 0 Å². The molecule has 0 aliphatic carbocycles. The van der Waals surface area contributed by atoms with E-state index in [2.05, 4.69) is 4.89 Å². The van der Waals surface area contributed by atoms with Crippen molar-refractivity contribution in [1.82, 2.24) is 0 Å². The van der Waals surface area contributed by atoms with Gasteiger partial charge in [0.25, 0.3) is 0 Å². The zero-order chi connectivity index (χ0) is 8.15. The number of carboxylic acid groups (broad SMARTS) is 1. The Labute approximate surface area is 56.1 Å². The van der Waals surface area contributed by atoms with Gasteiger partial charge in [-0.2, -0.15) is 5.26 Å². The Balaban J connectivity index is 3.68. The lowest BCUT2D eigenvalue weighted by atomic mass is 10.2. The number of aliphatic carboxylic acids is 1. The van der Waals surface area contributed by atoms with Crippen molar-refractivity contribution in [2.24, 2.45) is 5.73 Å². The van der Waals surface area contributed by atoms with Crippen molar-refractivity contribution in [3.05, 3.63) is 0 Å². The molecule has 0 fully saturated rings. The van der Waals surface area contributed by atoms with Crippen LogP contribution in [0.4, 0.5) is 0 Å². The maximum atomic E-state index is 10.1. The number of hydrogen-bond acceptors (Lipinski definition) is 5. The molecule has 0 rings (SSSR count).